The Hall–Kier alpha value is -3.62. The van der Waals surface area contributed by atoms with E-state index < -0.39 is 16.5 Å². The number of ether oxygens (including phenoxy) is 2. The maximum absolute atomic E-state index is 13.1. The van der Waals surface area contributed by atoms with Crippen LogP contribution in [0.4, 0.5) is 5.69 Å². The zero-order valence-electron chi connectivity index (χ0n) is 19.7. The first-order valence-corrected chi connectivity index (χ1v) is 10.6. The van der Waals surface area contributed by atoms with E-state index in [-0.39, 0.29) is 35.6 Å². The van der Waals surface area contributed by atoms with E-state index in [9.17, 15) is 19.7 Å². The van der Waals surface area contributed by atoms with Crippen LogP contribution in [-0.2, 0) is 16.0 Å². The maximum atomic E-state index is 13.1. The Morgan fingerprint density at radius 2 is 1.82 bits per heavy atom. The van der Waals surface area contributed by atoms with Gasteiger partial charge in [-0.3, -0.25) is 19.7 Å². The third-order valence-electron chi connectivity index (χ3n) is 4.86. The number of nitrogens with zero attached hydrogens (tertiary/aromatic N) is 2. The molecule has 2 amide bonds. The highest BCUT2D eigenvalue weighted by molar-refractivity contribution is 5.88. The Labute approximate surface area is 193 Å². The molecule has 0 saturated heterocycles. The molecule has 0 aromatic heterocycles. The molecule has 0 aliphatic carbocycles. The average Bonchev–Trinajstić information content (AvgIpc) is 2.76. The highest BCUT2D eigenvalue weighted by Gasteiger charge is 2.28. The lowest BCUT2D eigenvalue weighted by atomic mass is 10.1. The lowest BCUT2D eigenvalue weighted by molar-refractivity contribution is -0.385. The molecule has 0 bridgehead atoms. The monoisotopic (exact) mass is 457 g/mol. The van der Waals surface area contributed by atoms with Gasteiger partial charge in [-0.1, -0.05) is 30.3 Å². The van der Waals surface area contributed by atoms with Gasteiger partial charge in [0.15, 0.2) is 6.61 Å². The second-order valence-electron chi connectivity index (χ2n) is 8.62. The molecule has 1 atom stereocenters. The van der Waals surface area contributed by atoms with E-state index in [2.05, 4.69) is 5.32 Å². The average molecular weight is 458 g/mol. The first-order valence-electron chi connectivity index (χ1n) is 10.6. The fourth-order valence-corrected chi connectivity index (χ4v) is 3.17. The van der Waals surface area contributed by atoms with Crippen LogP contribution in [0.3, 0.4) is 0 Å². The minimum absolute atomic E-state index is 0.0313. The highest BCUT2D eigenvalue weighted by Crippen LogP contribution is 2.30. The fraction of sp³-hybridized carbons (Fsp3) is 0.417. The Morgan fingerprint density at radius 1 is 1.15 bits per heavy atom. The molecule has 0 fully saturated rings. The van der Waals surface area contributed by atoms with Crippen molar-refractivity contribution in [2.75, 3.05) is 20.3 Å². The van der Waals surface area contributed by atoms with Crippen molar-refractivity contribution in [1.29, 1.82) is 0 Å². The van der Waals surface area contributed by atoms with Crippen LogP contribution in [0.15, 0.2) is 48.5 Å². The molecule has 2 aromatic rings. The van der Waals surface area contributed by atoms with Gasteiger partial charge < -0.3 is 19.7 Å². The number of carbonyl (C=O) groups excluding carboxylic acids is 2. The lowest BCUT2D eigenvalue weighted by Gasteiger charge is -2.31. The summed E-state index contributed by atoms with van der Waals surface area (Å²) in [6, 6.07) is 13.0. The summed E-state index contributed by atoms with van der Waals surface area (Å²) in [6.45, 7) is 7.30. The van der Waals surface area contributed by atoms with Crippen LogP contribution < -0.4 is 14.8 Å². The smallest absolute Gasteiger partial charge is 0.311 e. The van der Waals surface area contributed by atoms with E-state index in [1.807, 2.05) is 51.1 Å². The van der Waals surface area contributed by atoms with Crippen LogP contribution in [0.5, 0.6) is 11.5 Å². The number of benzene rings is 2. The van der Waals surface area contributed by atoms with Gasteiger partial charge in [0.2, 0.25) is 11.7 Å². The van der Waals surface area contributed by atoms with Crippen molar-refractivity contribution < 1.29 is 24.0 Å². The molecule has 0 heterocycles. The molecule has 2 rings (SSSR count). The van der Waals surface area contributed by atoms with Crippen molar-refractivity contribution in [2.45, 2.75) is 45.7 Å². The standard InChI is InChI=1S/C24H31N3O6/c1-17(23(29)25-24(2,3)4)26(14-13-18-9-7-6-8-10-18)22(28)16-33-19-11-12-20(27(30)31)21(15-19)32-5/h6-12,15,17H,13-14,16H2,1-5H3,(H,25,29). The van der Waals surface area contributed by atoms with Crippen LogP contribution >= 0.6 is 0 Å². The quantitative estimate of drug-likeness (QED) is 0.433. The molecule has 1 N–H and O–H groups in total. The molecule has 1 unspecified atom stereocenters. The Kier molecular flexibility index (Phi) is 8.78. The van der Waals surface area contributed by atoms with Crippen LogP contribution in [0.25, 0.3) is 0 Å². The van der Waals surface area contributed by atoms with Crippen molar-refractivity contribution in [3.05, 3.63) is 64.2 Å². The summed E-state index contributed by atoms with van der Waals surface area (Å²) in [5.41, 5.74) is 0.401. The Balaban J connectivity index is 2.14. The number of carbonyl (C=O) groups is 2. The molecule has 0 saturated carbocycles. The van der Waals surface area contributed by atoms with Gasteiger partial charge in [0.05, 0.1) is 12.0 Å². The summed E-state index contributed by atoms with van der Waals surface area (Å²) in [4.78, 5) is 37.8. The molecular weight excluding hydrogens is 426 g/mol. The molecule has 0 aliphatic rings. The van der Waals surface area contributed by atoms with Crippen molar-refractivity contribution >= 4 is 17.5 Å². The fourth-order valence-electron chi connectivity index (χ4n) is 3.17. The largest absolute Gasteiger partial charge is 0.490 e. The second kappa shape index (κ2) is 11.3. The van der Waals surface area contributed by atoms with Crippen molar-refractivity contribution in [2.24, 2.45) is 0 Å². The van der Waals surface area contributed by atoms with Gasteiger partial charge in [0.25, 0.3) is 5.91 Å². The summed E-state index contributed by atoms with van der Waals surface area (Å²) in [6.07, 6.45) is 0.574. The Bertz CT molecular complexity index is 972. The van der Waals surface area contributed by atoms with Gasteiger partial charge in [0, 0.05) is 24.2 Å². The van der Waals surface area contributed by atoms with Crippen molar-refractivity contribution in [3.63, 3.8) is 0 Å². The number of rotatable bonds is 10. The van der Waals surface area contributed by atoms with E-state index in [1.54, 1.807) is 6.92 Å². The zero-order chi connectivity index (χ0) is 24.6. The number of methoxy groups -OCH3 is 1. The first-order chi connectivity index (χ1) is 15.5. The van der Waals surface area contributed by atoms with Gasteiger partial charge >= 0.3 is 5.69 Å². The van der Waals surface area contributed by atoms with Crippen molar-refractivity contribution in [1.82, 2.24) is 10.2 Å². The SMILES string of the molecule is COc1cc(OCC(=O)N(CCc2ccccc2)C(C)C(=O)NC(C)(C)C)ccc1[N+](=O)[O-]. The molecular formula is C24H31N3O6. The lowest BCUT2D eigenvalue weighted by Crippen LogP contribution is -2.53. The number of nitro benzene ring substituents is 1. The minimum atomic E-state index is -0.713. The van der Waals surface area contributed by atoms with E-state index in [0.717, 1.165) is 5.56 Å². The third kappa shape index (κ3) is 7.78. The number of nitro groups is 1. The third-order valence-corrected chi connectivity index (χ3v) is 4.86. The second-order valence-corrected chi connectivity index (χ2v) is 8.62. The zero-order valence-corrected chi connectivity index (χ0v) is 19.7. The summed E-state index contributed by atoms with van der Waals surface area (Å²) in [7, 11) is 1.32. The van der Waals surface area contributed by atoms with E-state index in [4.69, 9.17) is 9.47 Å². The van der Waals surface area contributed by atoms with Crippen molar-refractivity contribution in [3.8, 4) is 11.5 Å². The van der Waals surface area contributed by atoms with Gasteiger partial charge in [-0.15, -0.1) is 0 Å². The summed E-state index contributed by atoms with van der Waals surface area (Å²) >= 11 is 0. The molecule has 9 nitrogen and oxygen atoms in total. The predicted octanol–water partition coefficient (Wildman–Crippen LogP) is 3.36. The summed E-state index contributed by atoms with van der Waals surface area (Å²) in [5, 5.41) is 14.0. The van der Waals surface area contributed by atoms with Gasteiger partial charge in [-0.2, -0.15) is 0 Å². The minimum Gasteiger partial charge on any atom is -0.490 e. The molecule has 0 aliphatic heterocycles. The molecule has 9 heteroatoms. The van der Waals surface area contributed by atoms with Gasteiger partial charge in [-0.05, 0) is 45.7 Å². The summed E-state index contributed by atoms with van der Waals surface area (Å²) < 4.78 is 10.6. The number of hydrogen-bond donors (Lipinski definition) is 1. The van der Waals surface area contributed by atoms with Crippen LogP contribution in [-0.4, -0.2) is 53.5 Å². The van der Waals surface area contributed by atoms with E-state index in [1.165, 1.54) is 30.2 Å². The van der Waals surface area contributed by atoms with Gasteiger partial charge in [-0.25, -0.2) is 0 Å². The normalized spacial score (nSPS) is 11.9. The predicted molar refractivity (Wildman–Crippen MR) is 124 cm³/mol. The number of hydrogen-bond acceptors (Lipinski definition) is 6. The molecule has 178 valence electrons. The highest BCUT2D eigenvalue weighted by atomic mass is 16.6. The molecule has 0 radical (unpaired) electrons. The number of amides is 2. The van der Waals surface area contributed by atoms with Crippen LogP contribution in [0, 0.1) is 10.1 Å². The van der Waals surface area contributed by atoms with Gasteiger partial charge in [0.1, 0.15) is 11.8 Å². The molecule has 0 spiro atoms. The first kappa shape index (κ1) is 25.6. The van der Waals surface area contributed by atoms with E-state index >= 15 is 0 Å². The maximum Gasteiger partial charge on any atom is 0.311 e. The summed E-state index contributed by atoms with van der Waals surface area (Å²) in [5.74, 6) is -0.356. The van der Waals surface area contributed by atoms with E-state index in [0.29, 0.717) is 13.0 Å². The number of nitrogens with one attached hydrogen (secondary N) is 1. The van der Waals surface area contributed by atoms with Crippen LogP contribution in [0.2, 0.25) is 0 Å². The molecule has 2 aromatic carbocycles. The topological polar surface area (TPSA) is 111 Å². The molecule has 33 heavy (non-hydrogen) atoms. The Morgan fingerprint density at radius 3 is 2.39 bits per heavy atom. The van der Waals surface area contributed by atoms with Crippen LogP contribution in [0.1, 0.15) is 33.3 Å².